The van der Waals surface area contributed by atoms with Gasteiger partial charge in [-0.25, -0.2) is 0 Å². The predicted molar refractivity (Wildman–Crippen MR) is 54.8 cm³/mol. The lowest BCUT2D eigenvalue weighted by Crippen LogP contribution is -2.39. The van der Waals surface area contributed by atoms with Gasteiger partial charge >= 0.3 is 0 Å². The highest BCUT2D eigenvalue weighted by atomic mass is 16.3. The van der Waals surface area contributed by atoms with Crippen LogP contribution in [-0.2, 0) is 0 Å². The quantitative estimate of drug-likeness (QED) is 0.648. The highest BCUT2D eigenvalue weighted by Crippen LogP contribution is 2.11. The van der Waals surface area contributed by atoms with Gasteiger partial charge in [0, 0.05) is 13.1 Å². The molecule has 1 aliphatic heterocycles. The second-order valence-electron chi connectivity index (χ2n) is 3.83. The molecule has 0 unspecified atom stereocenters. The number of nitrogens with zero attached hydrogens (tertiary/aromatic N) is 1. The van der Waals surface area contributed by atoms with Crippen LogP contribution in [0.25, 0.3) is 0 Å². The van der Waals surface area contributed by atoms with Gasteiger partial charge in [-0.05, 0) is 38.4 Å². The number of aliphatic hydroxyl groups excluding tert-OH is 1. The van der Waals surface area contributed by atoms with Gasteiger partial charge in [0.25, 0.3) is 0 Å². The van der Waals surface area contributed by atoms with Crippen molar-refractivity contribution in [3.63, 3.8) is 0 Å². The van der Waals surface area contributed by atoms with Gasteiger partial charge in [-0.1, -0.05) is 6.92 Å². The minimum absolute atomic E-state index is 0.286. The highest BCUT2D eigenvalue weighted by molar-refractivity contribution is 4.72. The lowest BCUT2D eigenvalue weighted by molar-refractivity contribution is 0.170. The lowest BCUT2D eigenvalue weighted by atomic mass is 9.99. The molecule has 1 atom stereocenters. The van der Waals surface area contributed by atoms with Crippen LogP contribution in [0.15, 0.2) is 0 Å². The van der Waals surface area contributed by atoms with Crippen LogP contribution in [0.5, 0.6) is 0 Å². The summed E-state index contributed by atoms with van der Waals surface area (Å²) >= 11 is 0. The molecule has 0 spiro atoms. The second kappa shape index (κ2) is 6.35. The molecule has 0 aromatic heterocycles. The maximum atomic E-state index is 8.84. The first-order valence-corrected chi connectivity index (χ1v) is 5.40. The third kappa shape index (κ3) is 4.07. The Kier molecular flexibility index (Phi) is 5.35. The van der Waals surface area contributed by atoms with Crippen molar-refractivity contribution in [1.29, 1.82) is 0 Å². The lowest BCUT2D eigenvalue weighted by Gasteiger charge is -2.28. The molecule has 0 aliphatic carbocycles. The minimum Gasteiger partial charge on any atom is -0.395 e. The van der Waals surface area contributed by atoms with Crippen molar-refractivity contribution in [1.82, 2.24) is 10.2 Å². The Morgan fingerprint density at radius 3 is 2.92 bits per heavy atom. The topological polar surface area (TPSA) is 35.5 Å². The van der Waals surface area contributed by atoms with E-state index in [4.69, 9.17) is 5.11 Å². The molecule has 1 saturated heterocycles. The maximum Gasteiger partial charge on any atom is 0.0558 e. The standard InChI is InChI=1S/C10H22N2O/c1-2-12(6-7-13)9-10-4-3-5-11-8-10/h10-11,13H,2-9H2,1H3/t10-/m0/s1. The molecule has 0 amide bonds. The number of hydrogen-bond acceptors (Lipinski definition) is 3. The Hall–Kier alpha value is -0.120. The van der Waals surface area contributed by atoms with E-state index in [1.807, 2.05) is 0 Å². The molecule has 13 heavy (non-hydrogen) atoms. The molecule has 0 radical (unpaired) electrons. The van der Waals surface area contributed by atoms with Crippen molar-refractivity contribution in [3.8, 4) is 0 Å². The first-order chi connectivity index (χ1) is 6.36. The van der Waals surface area contributed by atoms with Crippen molar-refractivity contribution >= 4 is 0 Å². The van der Waals surface area contributed by atoms with Crippen LogP contribution in [-0.4, -0.2) is 49.3 Å². The summed E-state index contributed by atoms with van der Waals surface area (Å²) in [6.45, 7) is 7.80. The summed E-state index contributed by atoms with van der Waals surface area (Å²) in [4.78, 5) is 2.33. The third-order valence-electron chi connectivity index (χ3n) is 2.78. The van der Waals surface area contributed by atoms with E-state index in [0.717, 1.165) is 32.1 Å². The molecular formula is C10H22N2O. The van der Waals surface area contributed by atoms with Crippen LogP contribution in [0.4, 0.5) is 0 Å². The zero-order valence-electron chi connectivity index (χ0n) is 8.63. The Labute approximate surface area is 81.1 Å². The van der Waals surface area contributed by atoms with Gasteiger partial charge in [-0.3, -0.25) is 0 Å². The molecule has 0 aromatic carbocycles. The number of hydrogen-bond donors (Lipinski definition) is 2. The molecule has 0 bridgehead atoms. The van der Waals surface area contributed by atoms with E-state index in [-0.39, 0.29) is 6.61 Å². The van der Waals surface area contributed by atoms with E-state index in [1.165, 1.54) is 19.4 Å². The molecule has 1 aliphatic rings. The number of nitrogens with one attached hydrogen (secondary N) is 1. The van der Waals surface area contributed by atoms with E-state index in [0.29, 0.717) is 0 Å². The van der Waals surface area contributed by atoms with E-state index in [1.54, 1.807) is 0 Å². The van der Waals surface area contributed by atoms with Crippen molar-refractivity contribution in [2.24, 2.45) is 5.92 Å². The van der Waals surface area contributed by atoms with E-state index >= 15 is 0 Å². The molecule has 0 aromatic rings. The fourth-order valence-electron chi connectivity index (χ4n) is 1.96. The van der Waals surface area contributed by atoms with Gasteiger partial charge in [0.15, 0.2) is 0 Å². The van der Waals surface area contributed by atoms with Crippen molar-refractivity contribution in [2.45, 2.75) is 19.8 Å². The van der Waals surface area contributed by atoms with E-state index in [9.17, 15) is 0 Å². The zero-order valence-corrected chi connectivity index (χ0v) is 8.63. The smallest absolute Gasteiger partial charge is 0.0558 e. The van der Waals surface area contributed by atoms with Crippen LogP contribution < -0.4 is 5.32 Å². The molecule has 2 N–H and O–H groups in total. The summed E-state index contributed by atoms with van der Waals surface area (Å²) in [6, 6.07) is 0. The van der Waals surface area contributed by atoms with Crippen LogP contribution in [0.2, 0.25) is 0 Å². The Morgan fingerprint density at radius 2 is 2.38 bits per heavy atom. The minimum atomic E-state index is 0.286. The highest BCUT2D eigenvalue weighted by Gasteiger charge is 2.15. The Bertz CT molecular complexity index is 121. The third-order valence-corrected chi connectivity index (χ3v) is 2.78. The fraction of sp³-hybridized carbons (Fsp3) is 1.00. The number of likely N-dealkylation sites (N-methyl/N-ethyl adjacent to an activating group) is 1. The maximum absolute atomic E-state index is 8.84. The van der Waals surface area contributed by atoms with Gasteiger partial charge in [0.05, 0.1) is 6.61 Å². The van der Waals surface area contributed by atoms with E-state index < -0.39 is 0 Å². The van der Waals surface area contributed by atoms with Crippen molar-refractivity contribution in [3.05, 3.63) is 0 Å². The molecule has 3 heteroatoms. The van der Waals surface area contributed by atoms with Gasteiger partial charge in [0.2, 0.25) is 0 Å². The van der Waals surface area contributed by atoms with Crippen LogP contribution in [0, 0.1) is 5.92 Å². The van der Waals surface area contributed by atoms with E-state index in [2.05, 4.69) is 17.1 Å². The number of rotatable bonds is 5. The largest absolute Gasteiger partial charge is 0.395 e. The summed E-state index contributed by atoms with van der Waals surface area (Å²) in [5.41, 5.74) is 0. The number of aliphatic hydroxyl groups is 1. The average molecular weight is 186 g/mol. The molecule has 0 saturated carbocycles. The molecule has 3 nitrogen and oxygen atoms in total. The normalized spacial score (nSPS) is 23.8. The fourth-order valence-corrected chi connectivity index (χ4v) is 1.96. The molecular weight excluding hydrogens is 164 g/mol. The Balaban J connectivity index is 2.18. The van der Waals surface area contributed by atoms with Crippen molar-refractivity contribution in [2.75, 3.05) is 39.3 Å². The van der Waals surface area contributed by atoms with Gasteiger partial charge in [-0.15, -0.1) is 0 Å². The second-order valence-corrected chi connectivity index (χ2v) is 3.83. The van der Waals surface area contributed by atoms with Crippen LogP contribution >= 0.6 is 0 Å². The summed E-state index contributed by atoms with van der Waals surface area (Å²) in [6.07, 6.45) is 2.65. The summed E-state index contributed by atoms with van der Waals surface area (Å²) in [5.74, 6) is 0.792. The van der Waals surface area contributed by atoms with Gasteiger partial charge < -0.3 is 15.3 Å². The summed E-state index contributed by atoms with van der Waals surface area (Å²) in [5, 5.41) is 12.3. The molecule has 1 rings (SSSR count). The molecule has 78 valence electrons. The van der Waals surface area contributed by atoms with Gasteiger partial charge in [-0.2, -0.15) is 0 Å². The first-order valence-electron chi connectivity index (χ1n) is 5.40. The SMILES string of the molecule is CCN(CCO)C[C@H]1CCCNC1. The molecule has 1 fully saturated rings. The summed E-state index contributed by atoms with van der Waals surface area (Å²) in [7, 11) is 0. The Morgan fingerprint density at radius 1 is 1.54 bits per heavy atom. The predicted octanol–water partition coefficient (Wildman–Crippen LogP) is 0.300. The zero-order chi connectivity index (χ0) is 9.52. The number of piperidine rings is 1. The van der Waals surface area contributed by atoms with Crippen LogP contribution in [0.3, 0.4) is 0 Å². The van der Waals surface area contributed by atoms with Crippen molar-refractivity contribution < 1.29 is 5.11 Å². The van der Waals surface area contributed by atoms with Gasteiger partial charge in [0.1, 0.15) is 0 Å². The summed E-state index contributed by atoms with van der Waals surface area (Å²) < 4.78 is 0. The monoisotopic (exact) mass is 186 g/mol. The van der Waals surface area contributed by atoms with Crippen LogP contribution in [0.1, 0.15) is 19.8 Å². The molecule has 1 heterocycles. The average Bonchev–Trinajstić information content (AvgIpc) is 2.19. The first kappa shape index (κ1) is 11.0.